The van der Waals surface area contributed by atoms with Crippen LogP contribution in [0, 0.1) is 5.82 Å². The lowest BCUT2D eigenvalue weighted by atomic mass is 10.1. The second-order valence-electron chi connectivity index (χ2n) is 8.56. The average Bonchev–Trinajstić information content (AvgIpc) is 2.79. The molecular weight excluding hydrogens is 493 g/mol. The molecule has 0 aliphatic rings. The Morgan fingerprint density at radius 2 is 1.77 bits per heavy atom. The molecule has 0 fully saturated rings. The lowest BCUT2D eigenvalue weighted by Gasteiger charge is -2.30. The molecule has 0 unspecified atom stereocenters. The Kier molecular flexibility index (Phi) is 10.5. The maximum Gasteiger partial charge on any atom is 0.242 e. The predicted octanol–water partition coefficient (Wildman–Crippen LogP) is 4.36. The van der Waals surface area contributed by atoms with Gasteiger partial charge < -0.3 is 10.2 Å². The first-order chi connectivity index (χ1) is 16.4. The quantitative estimate of drug-likeness (QED) is 0.446. The third-order valence-corrected chi connectivity index (χ3v) is 7.11. The Morgan fingerprint density at radius 1 is 1.11 bits per heavy atom. The molecule has 0 bridgehead atoms. The van der Waals surface area contributed by atoms with Crippen molar-refractivity contribution in [3.05, 3.63) is 64.9 Å². The molecule has 0 spiro atoms. The van der Waals surface area contributed by atoms with Crippen LogP contribution in [0.4, 0.5) is 10.1 Å². The summed E-state index contributed by atoms with van der Waals surface area (Å²) in [5, 5.41) is 3.43. The van der Waals surface area contributed by atoms with Gasteiger partial charge in [-0.25, -0.2) is 12.8 Å². The van der Waals surface area contributed by atoms with E-state index in [-0.39, 0.29) is 43.8 Å². The van der Waals surface area contributed by atoms with Crippen LogP contribution in [0.3, 0.4) is 0 Å². The molecule has 2 aromatic carbocycles. The molecule has 0 aliphatic carbocycles. The predicted molar refractivity (Wildman–Crippen MR) is 137 cm³/mol. The second-order valence-corrected chi connectivity index (χ2v) is 10.9. The van der Waals surface area contributed by atoms with Crippen LogP contribution < -0.4 is 9.62 Å². The summed E-state index contributed by atoms with van der Waals surface area (Å²) in [4.78, 5) is 27.5. The summed E-state index contributed by atoms with van der Waals surface area (Å²) in [5.74, 6) is -1.03. The van der Waals surface area contributed by atoms with Gasteiger partial charge in [0.25, 0.3) is 0 Å². The first kappa shape index (κ1) is 28.6. The molecule has 2 amide bonds. The summed E-state index contributed by atoms with van der Waals surface area (Å²) in [6.45, 7) is 5.74. The molecule has 0 heterocycles. The Labute approximate surface area is 212 Å². The number of halogens is 2. The molecule has 7 nitrogen and oxygen atoms in total. The van der Waals surface area contributed by atoms with Crippen molar-refractivity contribution in [3.63, 3.8) is 0 Å². The first-order valence-corrected chi connectivity index (χ1v) is 13.7. The van der Waals surface area contributed by atoms with E-state index >= 15 is 0 Å². The summed E-state index contributed by atoms with van der Waals surface area (Å²) < 4.78 is 39.0. The van der Waals surface area contributed by atoms with Gasteiger partial charge in [0.1, 0.15) is 11.9 Å². The lowest BCUT2D eigenvalue weighted by molar-refractivity contribution is -0.140. The van der Waals surface area contributed by atoms with Crippen LogP contribution in [0.2, 0.25) is 5.02 Å². The van der Waals surface area contributed by atoms with Crippen molar-refractivity contribution in [2.24, 2.45) is 0 Å². The largest absolute Gasteiger partial charge is 0.352 e. The van der Waals surface area contributed by atoms with Crippen molar-refractivity contribution in [1.29, 1.82) is 0 Å². The van der Waals surface area contributed by atoms with Crippen LogP contribution in [0.15, 0.2) is 48.5 Å². The van der Waals surface area contributed by atoms with Gasteiger partial charge in [-0.2, -0.15) is 0 Å². The van der Waals surface area contributed by atoms with Crippen LogP contribution >= 0.6 is 11.6 Å². The third kappa shape index (κ3) is 8.81. The van der Waals surface area contributed by atoms with Gasteiger partial charge in [0.2, 0.25) is 21.8 Å². The van der Waals surface area contributed by atoms with E-state index in [0.717, 1.165) is 22.5 Å². The number of sulfonamides is 1. The molecule has 0 aromatic heterocycles. The third-order valence-electron chi connectivity index (χ3n) is 5.68. The van der Waals surface area contributed by atoms with Crippen molar-refractivity contribution in [1.82, 2.24) is 10.2 Å². The van der Waals surface area contributed by atoms with Crippen LogP contribution in [-0.2, 0) is 26.2 Å². The molecule has 2 aromatic rings. The van der Waals surface area contributed by atoms with Crippen molar-refractivity contribution in [2.45, 2.75) is 58.7 Å². The van der Waals surface area contributed by atoms with E-state index in [2.05, 4.69) is 5.32 Å². The number of rotatable bonds is 12. The Hall–Kier alpha value is -2.65. The molecule has 2 atom stereocenters. The van der Waals surface area contributed by atoms with Gasteiger partial charge in [-0.3, -0.25) is 13.9 Å². The summed E-state index contributed by atoms with van der Waals surface area (Å²) >= 11 is 6.10. The highest BCUT2D eigenvalue weighted by Gasteiger charge is 2.27. The maximum atomic E-state index is 13.3. The highest BCUT2D eigenvalue weighted by molar-refractivity contribution is 7.92. The highest BCUT2D eigenvalue weighted by atomic mass is 35.5. The molecule has 192 valence electrons. The Bertz CT molecular complexity index is 1110. The van der Waals surface area contributed by atoms with E-state index in [1.807, 2.05) is 19.9 Å². The standard InChI is InChI=1S/C25H33ClFN3O4S/c1-5-18(2)28-25(32)19(3)29(17-20-8-6-9-21(26)16-20)24(31)10-7-15-30(35(4,33)34)23-13-11-22(27)12-14-23/h6,8-9,11-14,16,18-19H,5,7,10,15,17H2,1-4H3,(H,28,32)/t18-,19+/m1/s1. The number of benzene rings is 2. The number of carbonyl (C=O) groups excluding carboxylic acids is 2. The van der Waals surface area contributed by atoms with Gasteiger partial charge in [0, 0.05) is 30.6 Å². The van der Waals surface area contributed by atoms with Crippen LogP contribution in [0.1, 0.15) is 45.6 Å². The molecule has 0 saturated carbocycles. The molecule has 35 heavy (non-hydrogen) atoms. The number of nitrogens with zero attached hydrogens (tertiary/aromatic N) is 2. The molecule has 0 radical (unpaired) electrons. The van der Waals surface area contributed by atoms with E-state index in [1.54, 1.807) is 25.1 Å². The van der Waals surface area contributed by atoms with Crippen molar-refractivity contribution >= 4 is 39.1 Å². The fraction of sp³-hybridized carbons (Fsp3) is 0.440. The molecule has 0 aliphatic heterocycles. The summed E-state index contributed by atoms with van der Waals surface area (Å²) in [5.41, 5.74) is 1.09. The van der Waals surface area contributed by atoms with Gasteiger partial charge in [-0.05, 0) is 68.7 Å². The minimum atomic E-state index is -3.64. The smallest absolute Gasteiger partial charge is 0.242 e. The highest BCUT2D eigenvalue weighted by Crippen LogP contribution is 2.20. The van der Waals surface area contributed by atoms with Gasteiger partial charge in [-0.1, -0.05) is 30.7 Å². The minimum Gasteiger partial charge on any atom is -0.352 e. The van der Waals surface area contributed by atoms with Gasteiger partial charge >= 0.3 is 0 Å². The molecular formula is C25H33ClFN3O4S. The van der Waals surface area contributed by atoms with E-state index in [0.29, 0.717) is 10.7 Å². The van der Waals surface area contributed by atoms with E-state index in [4.69, 9.17) is 11.6 Å². The van der Waals surface area contributed by atoms with E-state index < -0.39 is 21.9 Å². The van der Waals surface area contributed by atoms with Crippen LogP contribution in [0.5, 0.6) is 0 Å². The normalized spacial score (nSPS) is 13.1. The first-order valence-electron chi connectivity index (χ1n) is 11.5. The minimum absolute atomic E-state index is 0.0226. The lowest BCUT2D eigenvalue weighted by Crippen LogP contribution is -2.49. The van der Waals surface area contributed by atoms with Crippen LogP contribution in [-0.4, -0.2) is 50.0 Å². The zero-order valence-electron chi connectivity index (χ0n) is 20.5. The molecule has 2 rings (SSSR count). The Morgan fingerprint density at radius 3 is 2.34 bits per heavy atom. The van der Waals surface area contributed by atoms with Gasteiger partial charge in [0.05, 0.1) is 11.9 Å². The summed E-state index contributed by atoms with van der Waals surface area (Å²) in [7, 11) is -3.64. The molecule has 10 heteroatoms. The van der Waals surface area contributed by atoms with Gasteiger partial charge in [-0.15, -0.1) is 0 Å². The fourth-order valence-corrected chi connectivity index (χ4v) is 4.67. The monoisotopic (exact) mass is 525 g/mol. The molecule has 0 saturated heterocycles. The topological polar surface area (TPSA) is 86.8 Å². The number of hydrogen-bond acceptors (Lipinski definition) is 4. The number of amides is 2. The summed E-state index contributed by atoms with van der Waals surface area (Å²) in [6.07, 6.45) is 2.06. The number of nitrogens with one attached hydrogen (secondary N) is 1. The SMILES string of the molecule is CC[C@@H](C)NC(=O)[C@H](C)N(Cc1cccc(Cl)c1)C(=O)CCCN(c1ccc(F)cc1)S(C)(=O)=O. The zero-order valence-corrected chi connectivity index (χ0v) is 22.1. The maximum absolute atomic E-state index is 13.3. The number of anilines is 1. The van der Waals surface area contributed by atoms with Crippen molar-refractivity contribution in [3.8, 4) is 0 Å². The Balaban J connectivity index is 2.16. The zero-order chi connectivity index (χ0) is 26.2. The number of carbonyl (C=O) groups is 2. The van der Waals surface area contributed by atoms with Gasteiger partial charge in [0.15, 0.2) is 0 Å². The van der Waals surface area contributed by atoms with Crippen LogP contribution in [0.25, 0.3) is 0 Å². The van der Waals surface area contributed by atoms with E-state index in [1.165, 1.54) is 29.2 Å². The van der Waals surface area contributed by atoms with E-state index in [9.17, 15) is 22.4 Å². The summed E-state index contributed by atoms with van der Waals surface area (Å²) in [6, 6.07) is 11.4. The number of hydrogen-bond donors (Lipinski definition) is 1. The average molecular weight is 526 g/mol. The van der Waals surface area contributed by atoms with Crippen molar-refractivity contribution in [2.75, 3.05) is 17.1 Å². The van der Waals surface area contributed by atoms with Crippen molar-refractivity contribution < 1.29 is 22.4 Å². The fourth-order valence-electron chi connectivity index (χ4n) is 3.49. The second kappa shape index (κ2) is 12.9. The molecule has 1 N–H and O–H groups in total.